The minimum atomic E-state index is 0.0477. The highest BCUT2D eigenvalue weighted by Crippen LogP contribution is 2.16. The molecule has 0 aromatic carbocycles. The number of hydrogen-bond acceptors (Lipinski definition) is 3. The molecule has 0 bridgehead atoms. The molecule has 0 aromatic heterocycles. The molecule has 0 aromatic rings. The number of ether oxygens (including phenoxy) is 1. The van der Waals surface area contributed by atoms with Crippen LogP contribution >= 0.6 is 0 Å². The molecule has 1 aliphatic heterocycles. The van der Waals surface area contributed by atoms with Crippen molar-refractivity contribution in [1.29, 1.82) is 0 Å². The van der Waals surface area contributed by atoms with Gasteiger partial charge >= 0.3 is 0 Å². The summed E-state index contributed by atoms with van der Waals surface area (Å²) in [7, 11) is 0. The molecule has 3 nitrogen and oxygen atoms in total. The average Bonchev–Trinajstić information content (AvgIpc) is 2.11. The summed E-state index contributed by atoms with van der Waals surface area (Å²) in [6, 6.07) is 0. The fourth-order valence-electron chi connectivity index (χ4n) is 1.96. The van der Waals surface area contributed by atoms with Crippen molar-refractivity contribution in [2.24, 2.45) is 5.73 Å². The van der Waals surface area contributed by atoms with E-state index in [9.17, 15) is 0 Å². The van der Waals surface area contributed by atoms with E-state index in [-0.39, 0.29) is 5.60 Å². The standard InChI is InChI=1S/C11H24N2O/c1-11(2)10-13(8-9-14-11)7-5-3-4-6-12/h3-10,12H2,1-2H3. The molecule has 0 radical (unpaired) electrons. The fraction of sp³-hybridized carbons (Fsp3) is 1.00. The Kier molecular flexibility index (Phi) is 4.85. The maximum atomic E-state index is 5.66. The zero-order chi connectivity index (χ0) is 10.4. The molecule has 0 amide bonds. The summed E-state index contributed by atoms with van der Waals surface area (Å²) < 4.78 is 5.66. The summed E-state index contributed by atoms with van der Waals surface area (Å²) >= 11 is 0. The average molecular weight is 200 g/mol. The van der Waals surface area contributed by atoms with Crippen molar-refractivity contribution in [3.63, 3.8) is 0 Å². The molecule has 1 aliphatic rings. The van der Waals surface area contributed by atoms with E-state index >= 15 is 0 Å². The monoisotopic (exact) mass is 200 g/mol. The molecular formula is C11H24N2O. The number of nitrogens with zero attached hydrogens (tertiary/aromatic N) is 1. The first-order chi connectivity index (χ1) is 6.64. The Labute approximate surface area is 87.6 Å². The van der Waals surface area contributed by atoms with Gasteiger partial charge in [0.15, 0.2) is 0 Å². The summed E-state index contributed by atoms with van der Waals surface area (Å²) in [5, 5.41) is 0. The topological polar surface area (TPSA) is 38.5 Å². The first-order valence-electron chi connectivity index (χ1n) is 5.70. The predicted octanol–water partition coefficient (Wildman–Crippen LogP) is 1.23. The second-order valence-electron chi connectivity index (χ2n) is 4.73. The highest BCUT2D eigenvalue weighted by Gasteiger charge is 2.26. The van der Waals surface area contributed by atoms with Crippen molar-refractivity contribution in [1.82, 2.24) is 4.90 Å². The van der Waals surface area contributed by atoms with Gasteiger partial charge in [-0.25, -0.2) is 0 Å². The fourth-order valence-corrected chi connectivity index (χ4v) is 1.96. The molecule has 0 aliphatic carbocycles. The van der Waals surface area contributed by atoms with Crippen LogP contribution in [0, 0.1) is 0 Å². The highest BCUT2D eigenvalue weighted by molar-refractivity contribution is 4.78. The van der Waals surface area contributed by atoms with E-state index in [4.69, 9.17) is 10.5 Å². The van der Waals surface area contributed by atoms with Crippen LogP contribution in [0.3, 0.4) is 0 Å². The molecule has 84 valence electrons. The zero-order valence-electron chi connectivity index (χ0n) is 9.59. The first kappa shape index (κ1) is 12.0. The van der Waals surface area contributed by atoms with E-state index < -0.39 is 0 Å². The second-order valence-corrected chi connectivity index (χ2v) is 4.73. The van der Waals surface area contributed by atoms with Crippen LogP contribution in [0.15, 0.2) is 0 Å². The van der Waals surface area contributed by atoms with Crippen LogP contribution in [0.2, 0.25) is 0 Å². The van der Waals surface area contributed by atoms with Crippen molar-refractivity contribution in [3.05, 3.63) is 0 Å². The summed E-state index contributed by atoms with van der Waals surface area (Å²) in [4.78, 5) is 2.50. The lowest BCUT2D eigenvalue weighted by molar-refractivity contribution is -0.0861. The van der Waals surface area contributed by atoms with E-state index in [0.717, 1.165) is 32.7 Å². The zero-order valence-corrected chi connectivity index (χ0v) is 9.59. The molecular weight excluding hydrogens is 176 g/mol. The number of rotatable bonds is 5. The van der Waals surface area contributed by atoms with Gasteiger partial charge in [-0.15, -0.1) is 0 Å². The molecule has 0 atom stereocenters. The third kappa shape index (κ3) is 4.40. The molecule has 0 spiro atoms. The van der Waals surface area contributed by atoms with Crippen LogP contribution < -0.4 is 5.73 Å². The minimum absolute atomic E-state index is 0.0477. The van der Waals surface area contributed by atoms with Crippen molar-refractivity contribution < 1.29 is 4.74 Å². The molecule has 1 rings (SSSR count). The Bertz CT molecular complexity index is 159. The van der Waals surface area contributed by atoms with Gasteiger partial charge in [0, 0.05) is 13.1 Å². The van der Waals surface area contributed by atoms with Crippen LogP contribution in [-0.4, -0.2) is 43.3 Å². The van der Waals surface area contributed by atoms with Gasteiger partial charge in [-0.3, -0.25) is 4.90 Å². The van der Waals surface area contributed by atoms with Gasteiger partial charge in [-0.05, 0) is 39.8 Å². The lowest BCUT2D eigenvalue weighted by atomic mass is 10.1. The van der Waals surface area contributed by atoms with E-state index in [1.165, 1.54) is 19.4 Å². The van der Waals surface area contributed by atoms with Crippen LogP contribution in [-0.2, 0) is 4.74 Å². The van der Waals surface area contributed by atoms with E-state index in [0.29, 0.717) is 0 Å². The third-order valence-electron chi connectivity index (χ3n) is 2.68. The number of nitrogens with two attached hydrogens (primary N) is 1. The minimum Gasteiger partial charge on any atom is -0.373 e. The van der Waals surface area contributed by atoms with Crippen LogP contribution in [0.4, 0.5) is 0 Å². The van der Waals surface area contributed by atoms with Crippen LogP contribution in [0.5, 0.6) is 0 Å². The molecule has 0 saturated carbocycles. The largest absolute Gasteiger partial charge is 0.373 e. The SMILES string of the molecule is CC1(C)CN(CCCCCN)CCO1. The van der Waals surface area contributed by atoms with Gasteiger partial charge in [0.25, 0.3) is 0 Å². The molecule has 1 fully saturated rings. The lowest BCUT2D eigenvalue weighted by Crippen LogP contribution is -2.48. The molecule has 0 unspecified atom stereocenters. The van der Waals surface area contributed by atoms with Gasteiger partial charge in [-0.2, -0.15) is 0 Å². The summed E-state index contributed by atoms with van der Waals surface area (Å²) in [5.74, 6) is 0. The van der Waals surface area contributed by atoms with Crippen molar-refractivity contribution in [2.45, 2.75) is 38.7 Å². The maximum absolute atomic E-state index is 5.66. The van der Waals surface area contributed by atoms with E-state index in [1.807, 2.05) is 0 Å². The second kappa shape index (κ2) is 5.69. The molecule has 3 heteroatoms. The summed E-state index contributed by atoms with van der Waals surface area (Å²) in [5.41, 5.74) is 5.50. The molecule has 1 heterocycles. The van der Waals surface area contributed by atoms with Gasteiger partial charge in [-0.1, -0.05) is 6.42 Å². The Morgan fingerprint density at radius 3 is 2.71 bits per heavy atom. The van der Waals surface area contributed by atoms with Gasteiger partial charge < -0.3 is 10.5 Å². The van der Waals surface area contributed by atoms with Crippen molar-refractivity contribution >= 4 is 0 Å². The van der Waals surface area contributed by atoms with Gasteiger partial charge in [0.1, 0.15) is 0 Å². The molecule has 2 N–H and O–H groups in total. The Morgan fingerprint density at radius 2 is 2.07 bits per heavy atom. The predicted molar refractivity (Wildman–Crippen MR) is 59.4 cm³/mol. The number of unbranched alkanes of at least 4 members (excludes halogenated alkanes) is 2. The quantitative estimate of drug-likeness (QED) is 0.678. The Morgan fingerprint density at radius 1 is 1.29 bits per heavy atom. The molecule has 14 heavy (non-hydrogen) atoms. The van der Waals surface area contributed by atoms with E-state index in [2.05, 4.69) is 18.7 Å². The van der Waals surface area contributed by atoms with Crippen LogP contribution in [0.25, 0.3) is 0 Å². The number of morpholine rings is 1. The van der Waals surface area contributed by atoms with E-state index in [1.54, 1.807) is 0 Å². The summed E-state index contributed by atoms with van der Waals surface area (Å²) in [6.45, 7) is 9.39. The number of hydrogen-bond donors (Lipinski definition) is 1. The van der Waals surface area contributed by atoms with Crippen molar-refractivity contribution in [3.8, 4) is 0 Å². The maximum Gasteiger partial charge on any atom is 0.0753 e. The third-order valence-corrected chi connectivity index (χ3v) is 2.68. The van der Waals surface area contributed by atoms with Crippen LogP contribution in [0.1, 0.15) is 33.1 Å². The first-order valence-corrected chi connectivity index (χ1v) is 5.70. The highest BCUT2D eigenvalue weighted by atomic mass is 16.5. The Hall–Kier alpha value is -0.120. The lowest BCUT2D eigenvalue weighted by Gasteiger charge is -2.38. The van der Waals surface area contributed by atoms with Gasteiger partial charge in [0.2, 0.25) is 0 Å². The smallest absolute Gasteiger partial charge is 0.0753 e. The Balaban J connectivity index is 2.12. The normalized spacial score (nSPS) is 22.5. The van der Waals surface area contributed by atoms with Crippen molar-refractivity contribution in [2.75, 3.05) is 32.8 Å². The summed E-state index contributed by atoms with van der Waals surface area (Å²) in [6.07, 6.45) is 3.69. The molecule has 1 saturated heterocycles. The van der Waals surface area contributed by atoms with Gasteiger partial charge in [0.05, 0.1) is 12.2 Å².